The summed E-state index contributed by atoms with van der Waals surface area (Å²) in [6, 6.07) is 5.85. The molecule has 2 rings (SSSR count). The molecule has 0 aliphatic rings. The number of fused-ring (bicyclic) bond motifs is 1. The Morgan fingerprint density at radius 3 is 2.65 bits per heavy atom. The van der Waals surface area contributed by atoms with Gasteiger partial charge in [-0.25, -0.2) is 8.78 Å². The monoisotopic (exact) mass is 257 g/mol. The zero-order valence-electron chi connectivity index (χ0n) is 8.78. The Labute approximate surface area is 102 Å². The van der Waals surface area contributed by atoms with Gasteiger partial charge in [0, 0.05) is 11.8 Å². The molecule has 17 heavy (non-hydrogen) atoms. The van der Waals surface area contributed by atoms with Crippen LogP contribution >= 0.6 is 11.6 Å². The lowest BCUT2D eigenvalue weighted by Gasteiger charge is -2.11. The Hall–Kier alpha value is -1.33. The average Bonchev–Trinajstić information content (AvgIpc) is 2.33. The van der Waals surface area contributed by atoms with Crippen molar-refractivity contribution in [3.05, 3.63) is 35.0 Å². The Bertz CT molecular complexity index is 533. The van der Waals surface area contributed by atoms with Gasteiger partial charge in [0.1, 0.15) is 0 Å². The van der Waals surface area contributed by atoms with Crippen molar-refractivity contribution in [2.45, 2.75) is 18.9 Å². The average molecular weight is 258 g/mol. The number of nitrogens with zero attached hydrogens (tertiary/aromatic N) is 2. The Morgan fingerprint density at radius 2 is 1.94 bits per heavy atom. The number of alkyl halides is 2. The third-order valence-corrected chi connectivity index (χ3v) is 2.85. The van der Waals surface area contributed by atoms with Gasteiger partial charge >= 0.3 is 0 Å². The lowest BCUT2D eigenvalue weighted by Crippen LogP contribution is -2.31. The molecule has 1 unspecified atom stereocenters. The van der Waals surface area contributed by atoms with Crippen molar-refractivity contribution in [3.63, 3.8) is 0 Å². The normalized spacial score (nSPS) is 13.2. The molecular weight excluding hydrogens is 248 g/mol. The summed E-state index contributed by atoms with van der Waals surface area (Å²) in [6.07, 6.45) is -2.69. The van der Waals surface area contributed by atoms with Crippen LogP contribution in [0.1, 0.15) is 5.69 Å². The highest BCUT2D eigenvalue weighted by Gasteiger charge is 2.19. The summed E-state index contributed by atoms with van der Waals surface area (Å²) >= 11 is 6.09. The van der Waals surface area contributed by atoms with Crippen LogP contribution in [-0.4, -0.2) is 22.7 Å². The van der Waals surface area contributed by atoms with Gasteiger partial charge in [-0.15, -0.1) is 0 Å². The van der Waals surface area contributed by atoms with Crippen molar-refractivity contribution in [1.82, 2.24) is 10.2 Å². The van der Waals surface area contributed by atoms with Crippen LogP contribution < -0.4 is 5.73 Å². The lowest BCUT2D eigenvalue weighted by molar-refractivity contribution is 0.115. The standard InChI is InChI=1S/C11H10ClF2N3/c12-10-6-3-1-2-4-8(6)16-17-9(10)5-7(15)11(13)14/h1-4,7,11H,5,15H2. The van der Waals surface area contributed by atoms with Crippen LogP contribution in [0.4, 0.5) is 8.78 Å². The molecule has 0 amide bonds. The van der Waals surface area contributed by atoms with Crippen LogP contribution in [0.3, 0.4) is 0 Å². The van der Waals surface area contributed by atoms with Crippen LogP contribution in [0.5, 0.6) is 0 Å². The number of benzene rings is 1. The van der Waals surface area contributed by atoms with E-state index in [1.54, 1.807) is 24.3 Å². The molecule has 0 bridgehead atoms. The highest BCUT2D eigenvalue weighted by molar-refractivity contribution is 6.35. The number of hydrogen-bond donors (Lipinski definition) is 1. The van der Waals surface area contributed by atoms with Crippen LogP contribution in [0.2, 0.25) is 5.02 Å². The molecule has 0 radical (unpaired) electrons. The van der Waals surface area contributed by atoms with Crippen molar-refractivity contribution in [2.75, 3.05) is 0 Å². The Kier molecular flexibility index (Phi) is 3.49. The summed E-state index contributed by atoms with van der Waals surface area (Å²) in [6.45, 7) is 0. The van der Waals surface area contributed by atoms with Crippen LogP contribution in [-0.2, 0) is 6.42 Å². The van der Waals surface area contributed by atoms with Gasteiger partial charge < -0.3 is 5.73 Å². The lowest BCUT2D eigenvalue weighted by atomic mass is 10.1. The van der Waals surface area contributed by atoms with E-state index in [0.29, 0.717) is 21.6 Å². The highest BCUT2D eigenvalue weighted by atomic mass is 35.5. The van der Waals surface area contributed by atoms with Crippen molar-refractivity contribution < 1.29 is 8.78 Å². The molecule has 0 aliphatic heterocycles. The third kappa shape index (κ3) is 2.50. The van der Waals surface area contributed by atoms with Crippen LogP contribution in [0.15, 0.2) is 24.3 Å². The van der Waals surface area contributed by atoms with E-state index in [0.717, 1.165) is 0 Å². The van der Waals surface area contributed by atoms with Crippen molar-refractivity contribution >= 4 is 22.5 Å². The largest absolute Gasteiger partial charge is 0.323 e. The SMILES string of the molecule is NC(Cc1nnc2ccccc2c1Cl)C(F)F. The van der Waals surface area contributed by atoms with Gasteiger partial charge in [-0.1, -0.05) is 29.8 Å². The van der Waals surface area contributed by atoms with Gasteiger partial charge in [-0.2, -0.15) is 10.2 Å². The molecule has 1 aromatic heterocycles. The molecule has 0 spiro atoms. The van der Waals surface area contributed by atoms with E-state index in [1.807, 2.05) is 0 Å². The summed E-state index contributed by atoms with van der Waals surface area (Å²) in [7, 11) is 0. The first-order chi connectivity index (χ1) is 8.09. The van der Waals surface area contributed by atoms with E-state index in [1.165, 1.54) is 0 Å². The summed E-state index contributed by atoms with van der Waals surface area (Å²) < 4.78 is 24.7. The first-order valence-corrected chi connectivity index (χ1v) is 5.41. The summed E-state index contributed by atoms with van der Waals surface area (Å²) in [5, 5.41) is 8.79. The van der Waals surface area contributed by atoms with Gasteiger partial charge in [0.2, 0.25) is 0 Å². The minimum absolute atomic E-state index is 0.0890. The molecule has 90 valence electrons. The third-order valence-electron chi connectivity index (χ3n) is 2.43. The fourth-order valence-corrected chi connectivity index (χ4v) is 1.78. The fraction of sp³-hybridized carbons (Fsp3) is 0.273. The quantitative estimate of drug-likeness (QED) is 0.919. The summed E-state index contributed by atoms with van der Waals surface area (Å²) in [5.74, 6) is 0. The number of hydrogen-bond acceptors (Lipinski definition) is 3. The zero-order chi connectivity index (χ0) is 12.4. The number of rotatable bonds is 3. The van der Waals surface area contributed by atoms with Crippen molar-refractivity contribution in [3.8, 4) is 0 Å². The van der Waals surface area contributed by atoms with Gasteiger partial charge in [0.25, 0.3) is 6.43 Å². The van der Waals surface area contributed by atoms with Gasteiger partial charge in [-0.3, -0.25) is 0 Å². The molecule has 1 atom stereocenters. The van der Waals surface area contributed by atoms with E-state index < -0.39 is 12.5 Å². The van der Waals surface area contributed by atoms with Gasteiger partial charge in [-0.05, 0) is 6.07 Å². The predicted octanol–water partition coefficient (Wildman–Crippen LogP) is 2.42. The molecule has 1 aromatic carbocycles. The molecule has 1 heterocycles. The summed E-state index contributed by atoms with van der Waals surface area (Å²) in [5.41, 5.74) is 6.22. The minimum atomic E-state index is -2.60. The van der Waals surface area contributed by atoms with E-state index in [4.69, 9.17) is 17.3 Å². The van der Waals surface area contributed by atoms with Crippen molar-refractivity contribution in [2.24, 2.45) is 5.73 Å². The molecule has 2 aromatic rings. The molecule has 3 nitrogen and oxygen atoms in total. The zero-order valence-corrected chi connectivity index (χ0v) is 9.53. The van der Waals surface area contributed by atoms with Crippen LogP contribution in [0.25, 0.3) is 10.9 Å². The maximum absolute atomic E-state index is 12.3. The summed E-state index contributed by atoms with van der Waals surface area (Å²) in [4.78, 5) is 0. The molecule has 6 heteroatoms. The topological polar surface area (TPSA) is 51.8 Å². The second-order valence-electron chi connectivity index (χ2n) is 3.68. The number of halogens is 3. The molecular formula is C11H10ClF2N3. The second-order valence-corrected chi connectivity index (χ2v) is 4.06. The first kappa shape index (κ1) is 12.1. The number of nitrogens with two attached hydrogens (primary N) is 1. The Morgan fingerprint density at radius 1 is 1.24 bits per heavy atom. The van der Waals surface area contributed by atoms with E-state index in [-0.39, 0.29) is 6.42 Å². The molecule has 0 saturated heterocycles. The minimum Gasteiger partial charge on any atom is -0.323 e. The second kappa shape index (κ2) is 4.89. The fourth-order valence-electron chi connectivity index (χ4n) is 1.50. The maximum atomic E-state index is 12.3. The highest BCUT2D eigenvalue weighted by Crippen LogP contribution is 2.24. The Balaban J connectivity index is 2.39. The molecule has 0 saturated carbocycles. The predicted molar refractivity (Wildman–Crippen MR) is 62.2 cm³/mol. The van der Waals surface area contributed by atoms with E-state index in [2.05, 4.69) is 10.2 Å². The number of aromatic nitrogens is 2. The van der Waals surface area contributed by atoms with E-state index >= 15 is 0 Å². The molecule has 0 aliphatic carbocycles. The van der Waals surface area contributed by atoms with Gasteiger partial charge in [0.15, 0.2) is 0 Å². The smallest absolute Gasteiger partial charge is 0.253 e. The first-order valence-electron chi connectivity index (χ1n) is 5.03. The van der Waals surface area contributed by atoms with E-state index in [9.17, 15) is 8.78 Å². The van der Waals surface area contributed by atoms with Crippen molar-refractivity contribution in [1.29, 1.82) is 0 Å². The van der Waals surface area contributed by atoms with Gasteiger partial charge in [0.05, 0.1) is 22.3 Å². The maximum Gasteiger partial charge on any atom is 0.253 e. The molecule has 2 N–H and O–H groups in total. The van der Waals surface area contributed by atoms with Crippen LogP contribution in [0, 0.1) is 0 Å². The molecule has 0 fully saturated rings.